The molecule has 0 saturated carbocycles. The van der Waals surface area contributed by atoms with Gasteiger partial charge >= 0.3 is 0 Å². The lowest BCUT2D eigenvalue weighted by atomic mass is 10.4. The van der Waals surface area contributed by atoms with Crippen LogP contribution in [0.25, 0.3) is 0 Å². The third kappa shape index (κ3) is 1.46. The summed E-state index contributed by atoms with van der Waals surface area (Å²) in [5, 5.41) is 9.08. The molecule has 4 nitrogen and oxygen atoms in total. The molecule has 0 aliphatic carbocycles. The number of aryl methyl sites for hydroxylation is 1. The number of nitrogens with zero attached hydrogens (tertiary/aromatic N) is 2. The first-order valence-electron chi connectivity index (χ1n) is 3.44. The Hall–Kier alpha value is -1.16. The fraction of sp³-hybridized carbons (Fsp3) is 0.429. The van der Waals surface area contributed by atoms with Gasteiger partial charge in [0.1, 0.15) is 5.82 Å². The van der Waals surface area contributed by atoms with Crippen molar-refractivity contribution in [2.45, 2.75) is 19.6 Å². The molecule has 11 heavy (non-hydrogen) atoms. The van der Waals surface area contributed by atoms with E-state index in [4.69, 9.17) is 5.11 Å². The van der Waals surface area contributed by atoms with Crippen LogP contribution >= 0.6 is 0 Å². The number of aliphatic hydroxyl groups excluding tert-OH is 1. The van der Waals surface area contributed by atoms with Crippen LogP contribution in [0.1, 0.15) is 18.9 Å². The zero-order chi connectivity index (χ0) is 8.27. The number of aliphatic hydroxyl groups is 1. The smallest absolute Gasteiger partial charge is 0.167 e. The van der Waals surface area contributed by atoms with Crippen LogP contribution in [0.2, 0.25) is 0 Å². The van der Waals surface area contributed by atoms with Crippen molar-refractivity contribution in [2.75, 3.05) is 0 Å². The lowest BCUT2D eigenvalue weighted by molar-refractivity contribution is -0.115. The van der Waals surface area contributed by atoms with Gasteiger partial charge in [-0.2, -0.15) is 0 Å². The Bertz CT molecular complexity index is 244. The molecule has 1 N–H and O–H groups in total. The topological polar surface area (TPSA) is 55.1 Å². The third-order valence-electron chi connectivity index (χ3n) is 1.48. The average Bonchev–Trinajstić information content (AvgIpc) is 2.50. The SMILES string of the molecule is CCn1ccnc1C(O)C=O. The van der Waals surface area contributed by atoms with Gasteiger partial charge in [0, 0.05) is 18.9 Å². The number of hydrogen-bond donors (Lipinski definition) is 1. The van der Waals surface area contributed by atoms with E-state index in [1.807, 2.05) is 6.92 Å². The van der Waals surface area contributed by atoms with Crippen LogP contribution in [0.4, 0.5) is 0 Å². The highest BCUT2D eigenvalue weighted by molar-refractivity contribution is 5.57. The maximum atomic E-state index is 10.2. The summed E-state index contributed by atoms with van der Waals surface area (Å²) < 4.78 is 1.72. The van der Waals surface area contributed by atoms with Crippen molar-refractivity contribution in [3.63, 3.8) is 0 Å². The summed E-state index contributed by atoms with van der Waals surface area (Å²) in [5.41, 5.74) is 0. The molecular weight excluding hydrogens is 144 g/mol. The van der Waals surface area contributed by atoms with Gasteiger partial charge in [0.05, 0.1) is 0 Å². The molecule has 0 aromatic carbocycles. The van der Waals surface area contributed by atoms with Gasteiger partial charge in [-0.3, -0.25) is 4.79 Å². The maximum Gasteiger partial charge on any atom is 0.167 e. The number of aromatic nitrogens is 2. The molecule has 1 rings (SSSR count). The van der Waals surface area contributed by atoms with E-state index in [1.165, 1.54) is 0 Å². The number of hydrogen-bond acceptors (Lipinski definition) is 3. The van der Waals surface area contributed by atoms with Crippen molar-refractivity contribution in [2.24, 2.45) is 0 Å². The number of imidazole rings is 1. The van der Waals surface area contributed by atoms with Crippen molar-refractivity contribution in [3.05, 3.63) is 18.2 Å². The van der Waals surface area contributed by atoms with Crippen LogP contribution in [-0.2, 0) is 11.3 Å². The number of aldehydes is 1. The van der Waals surface area contributed by atoms with Gasteiger partial charge in [-0.25, -0.2) is 4.98 Å². The van der Waals surface area contributed by atoms with Gasteiger partial charge in [0.25, 0.3) is 0 Å². The number of carbonyl (C=O) groups is 1. The highest BCUT2D eigenvalue weighted by atomic mass is 16.3. The van der Waals surface area contributed by atoms with E-state index in [0.717, 1.165) is 0 Å². The van der Waals surface area contributed by atoms with Crippen LogP contribution in [0, 0.1) is 0 Å². The predicted octanol–water partition coefficient (Wildman–Crippen LogP) is 0.135. The second kappa shape index (κ2) is 3.30. The summed E-state index contributed by atoms with van der Waals surface area (Å²) in [7, 11) is 0. The predicted molar refractivity (Wildman–Crippen MR) is 38.9 cm³/mol. The average molecular weight is 154 g/mol. The van der Waals surface area contributed by atoms with Gasteiger partial charge < -0.3 is 9.67 Å². The quantitative estimate of drug-likeness (QED) is 0.630. The van der Waals surface area contributed by atoms with Gasteiger partial charge in [-0.05, 0) is 6.92 Å². The fourth-order valence-electron chi connectivity index (χ4n) is 0.915. The molecule has 1 heterocycles. The monoisotopic (exact) mass is 154 g/mol. The van der Waals surface area contributed by atoms with E-state index >= 15 is 0 Å². The fourth-order valence-corrected chi connectivity index (χ4v) is 0.915. The Balaban J connectivity index is 2.91. The summed E-state index contributed by atoms with van der Waals surface area (Å²) in [6.07, 6.45) is 2.66. The van der Waals surface area contributed by atoms with Crippen molar-refractivity contribution >= 4 is 6.29 Å². The Kier molecular flexibility index (Phi) is 2.38. The minimum atomic E-state index is -1.09. The van der Waals surface area contributed by atoms with Gasteiger partial charge in [0.15, 0.2) is 12.4 Å². The molecule has 0 aliphatic heterocycles. The lowest BCUT2D eigenvalue weighted by Gasteiger charge is -2.04. The summed E-state index contributed by atoms with van der Waals surface area (Å²) in [6.45, 7) is 2.63. The van der Waals surface area contributed by atoms with Crippen molar-refractivity contribution in [1.82, 2.24) is 9.55 Å². The van der Waals surface area contributed by atoms with Crippen LogP contribution in [0.3, 0.4) is 0 Å². The van der Waals surface area contributed by atoms with Gasteiger partial charge in [-0.1, -0.05) is 0 Å². The molecular formula is C7H10N2O2. The number of carbonyl (C=O) groups excluding carboxylic acids is 1. The first kappa shape index (κ1) is 7.94. The van der Waals surface area contributed by atoms with E-state index in [0.29, 0.717) is 18.7 Å². The van der Waals surface area contributed by atoms with E-state index in [9.17, 15) is 4.79 Å². The maximum absolute atomic E-state index is 10.2. The highest BCUT2D eigenvalue weighted by Gasteiger charge is 2.10. The lowest BCUT2D eigenvalue weighted by Crippen LogP contribution is -2.08. The van der Waals surface area contributed by atoms with Crippen LogP contribution in [0.5, 0.6) is 0 Å². The molecule has 0 bridgehead atoms. The van der Waals surface area contributed by atoms with Crippen LogP contribution in [0.15, 0.2) is 12.4 Å². The van der Waals surface area contributed by atoms with E-state index in [-0.39, 0.29) is 0 Å². The van der Waals surface area contributed by atoms with Crippen molar-refractivity contribution < 1.29 is 9.90 Å². The molecule has 0 saturated heterocycles. The van der Waals surface area contributed by atoms with E-state index in [1.54, 1.807) is 17.0 Å². The van der Waals surface area contributed by atoms with Crippen LogP contribution < -0.4 is 0 Å². The zero-order valence-corrected chi connectivity index (χ0v) is 6.27. The second-order valence-electron chi connectivity index (χ2n) is 2.15. The molecule has 60 valence electrons. The molecule has 0 spiro atoms. The van der Waals surface area contributed by atoms with Crippen molar-refractivity contribution in [1.29, 1.82) is 0 Å². The molecule has 4 heteroatoms. The molecule has 1 aromatic heterocycles. The molecule has 1 unspecified atom stereocenters. The highest BCUT2D eigenvalue weighted by Crippen LogP contribution is 2.06. The molecule has 0 radical (unpaired) electrons. The Morgan fingerprint density at radius 1 is 1.91 bits per heavy atom. The molecule has 0 amide bonds. The molecule has 1 aromatic rings. The van der Waals surface area contributed by atoms with E-state index in [2.05, 4.69) is 4.98 Å². The van der Waals surface area contributed by atoms with Gasteiger partial charge in [0.2, 0.25) is 0 Å². The summed E-state index contributed by atoms with van der Waals surface area (Å²) in [4.78, 5) is 14.0. The largest absolute Gasteiger partial charge is 0.378 e. The third-order valence-corrected chi connectivity index (χ3v) is 1.48. The Labute approximate surface area is 64.5 Å². The zero-order valence-electron chi connectivity index (χ0n) is 6.27. The second-order valence-corrected chi connectivity index (χ2v) is 2.15. The standard InChI is InChI=1S/C7H10N2O2/c1-2-9-4-3-8-7(9)6(11)5-10/h3-6,11H,2H2,1H3. The first-order valence-corrected chi connectivity index (χ1v) is 3.44. The molecule has 1 atom stereocenters. The summed E-state index contributed by atoms with van der Waals surface area (Å²) >= 11 is 0. The van der Waals surface area contributed by atoms with Gasteiger partial charge in [-0.15, -0.1) is 0 Å². The molecule has 0 aliphatic rings. The van der Waals surface area contributed by atoms with Crippen LogP contribution in [-0.4, -0.2) is 20.9 Å². The Morgan fingerprint density at radius 3 is 3.18 bits per heavy atom. The molecule has 0 fully saturated rings. The minimum absolute atomic E-state index is 0.405. The first-order chi connectivity index (χ1) is 5.29. The van der Waals surface area contributed by atoms with Crippen molar-refractivity contribution in [3.8, 4) is 0 Å². The van der Waals surface area contributed by atoms with E-state index < -0.39 is 6.10 Å². The summed E-state index contributed by atoms with van der Waals surface area (Å²) in [5.74, 6) is 0.405. The number of rotatable bonds is 3. The minimum Gasteiger partial charge on any atom is -0.378 e. The summed E-state index contributed by atoms with van der Waals surface area (Å²) in [6, 6.07) is 0. The Morgan fingerprint density at radius 2 is 2.64 bits per heavy atom. The normalized spacial score (nSPS) is 12.9.